The Morgan fingerprint density at radius 1 is 1.41 bits per heavy atom. The fourth-order valence-electron chi connectivity index (χ4n) is 2.34. The van der Waals surface area contributed by atoms with Gasteiger partial charge in [-0.05, 0) is 26.5 Å². The summed E-state index contributed by atoms with van der Waals surface area (Å²) in [6, 6.07) is 6.33. The first kappa shape index (κ1) is 12.4. The average molecular weight is 235 g/mol. The second-order valence-corrected chi connectivity index (χ2v) is 5.41. The number of rotatable bonds is 4. The van der Waals surface area contributed by atoms with E-state index in [0.29, 0.717) is 6.54 Å². The third kappa shape index (κ3) is 2.79. The summed E-state index contributed by atoms with van der Waals surface area (Å²) >= 11 is 0. The monoisotopic (exact) mass is 235 g/mol. The van der Waals surface area contributed by atoms with Crippen molar-refractivity contribution >= 4 is 0 Å². The molecule has 1 aromatic rings. The molecule has 1 aliphatic rings. The van der Waals surface area contributed by atoms with Crippen LogP contribution in [0.4, 0.5) is 0 Å². The van der Waals surface area contributed by atoms with Gasteiger partial charge in [0.25, 0.3) is 0 Å². The first-order valence-corrected chi connectivity index (χ1v) is 6.11. The predicted molar refractivity (Wildman–Crippen MR) is 68.3 cm³/mol. The van der Waals surface area contributed by atoms with Crippen LogP contribution in [0.15, 0.2) is 18.2 Å². The first-order valence-electron chi connectivity index (χ1n) is 6.11. The number of nitrogens with zero attached hydrogens (tertiary/aromatic N) is 1. The van der Waals surface area contributed by atoms with Crippen molar-refractivity contribution in [3.8, 4) is 5.75 Å². The quantitative estimate of drug-likeness (QED) is 0.864. The van der Waals surface area contributed by atoms with E-state index in [0.717, 1.165) is 18.7 Å². The normalized spacial score (nSPS) is 17.0. The van der Waals surface area contributed by atoms with Gasteiger partial charge in [0.1, 0.15) is 11.4 Å². The van der Waals surface area contributed by atoms with Gasteiger partial charge in [-0.3, -0.25) is 4.90 Å². The second-order valence-electron chi connectivity index (χ2n) is 5.41. The molecule has 17 heavy (non-hydrogen) atoms. The van der Waals surface area contributed by atoms with Gasteiger partial charge in [0.05, 0.1) is 6.61 Å². The predicted octanol–water partition coefficient (Wildman–Crippen LogP) is 1.82. The molecule has 3 nitrogen and oxygen atoms in total. The second kappa shape index (κ2) is 4.67. The van der Waals surface area contributed by atoms with Crippen LogP contribution in [0.2, 0.25) is 0 Å². The summed E-state index contributed by atoms with van der Waals surface area (Å²) in [5, 5.41) is 8.92. The Morgan fingerprint density at radius 3 is 2.88 bits per heavy atom. The summed E-state index contributed by atoms with van der Waals surface area (Å²) in [7, 11) is 2.01. The topological polar surface area (TPSA) is 32.7 Å². The maximum Gasteiger partial charge on any atom is 0.127 e. The molecule has 0 atom stereocenters. The Kier molecular flexibility index (Phi) is 3.40. The Balaban J connectivity index is 2.18. The lowest BCUT2D eigenvalue weighted by Gasteiger charge is -2.20. The molecule has 1 N–H and O–H groups in total. The van der Waals surface area contributed by atoms with E-state index in [4.69, 9.17) is 9.84 Å². The lowest BCUT2D eigenvalue weighted by Crippen LogP contribution is -2.25. The van der Waals surface area contributed by atoms with Crippen molar-refractivity contribution in [3.63, 3.8) is 0 Å². The van der Waals surface area contributed by atoms with Crippen LogP contribution in [0.5, 0.6) is 5.75 Å². The van der Waals surface area contributed by atoms with Gasteiger partial charge in [-0.2, -0.15) is 0 Å². The number of likely N-dealkylation sites (N-methyl/N-ethyl adjacent to an activating group) is 1. The summed E-state index contributed by atoms with van der Waals surface area (Å²) in [4.78, 5) is 2.10. The smallest absolute Gasteiger partial charge is 0.127 e. The van der Waals surface area contributed by atoms with E-state index in [1.807, 2.05) is 7.05 Å². The van der Waals surface area contributed by atoms with E-state index in [1.165, 1.54) is 11.1 Å². The maximum atomic E-state index is 8.92. The number of aliphatic hydroxyl groups is 1. The Labute approximate surface area is 103 Å². The highest BCUT2D eigenvalue weighted by molar-refractivity contribution is 5.45. The number of benzene rings is 1. The fourth-order valence-corrected chi connectivity index (χ4v) is 2.34. The minimum Gasteiger partial charge on any atom is -0.487 e. The molecular formula is C14H21NO2. The number of ether oxygens (including phenoxy) is 1. The highest BCUT2D eigenvalue weighted by Gasteiger charge is 2.31. The number of aliphatic hydroxyl groups excluding tert-OH is 1. The van der Waals surface area contributed by atoms with E-state index in [2.05, 4.69) is 36.9 Å². The summed E-state index contributed by atoms with van der Waals surface area (Å²) in [5.41, 5.74) is 2.42. The van der Waals surface area contributed by atoms with Crippen LogP contribution in [-0.2, 0) is 13.0 Å². The van der Waals surface area contributed by atoms with Crippen molar-refractivity contribution < 1.29 is 9.84 Å². The van der Waals surface area contributed by atoms with E-state index in [9.17, 15) is 0 Å². The van der Waals surface area contributed by atoms with Gasteiger partial charge in [-0.25, -0.2) is 0 Å². The number of fused-ring (bicyclic) bond motifs is 1. The molecule has 1 heterocycles. The van der Waals surface area contributed by atoms with E-state index >= 15 is 0 Å². The molecule has 0 unspecified atom stereocenters. The van der Waals surface area contributed by atoms with Crippen LogP contribution in [0.3, 0.4) is 0 Å². The minimum absolute atomic E-state index is 0.0893. The van der Waals surface area contributed by atoms with Gasteiger partial charge < -0.3 is 9.84 Å². The molecule has 1 aromatic carbocycles. The molecule has 1 aliphatic heterocycles. The summed E-state index contributed by atoms with van der Waals surface area (Å²) in [6.07, 6.45) is 0.972. The summed E-state index contributed by atoms with van der Waals surface area (Å²) in [6.45, 7) is 5.94. The van der Waals surface area contributed by atoms with Crippen molar-refractivity contribution in [1.29, 1.82) is 0 Å². The fraction of sp³-hybridized carbons (Fsp3) is 0.571. The van der Waals surface area contributed by atoms with Crippen LogP contribution < -0.4 is 4.74 Å². The average Bonchev–Trinajstić information content (AvgIpc) is 2.53. The largest absolute Gasteiger partial charge is 0.487 e. The third-order valence-corrected chi connectivity index (χ3v) is 3.09. The van der Waals surface area contributed by atoms with Gasteiger partial charge in [0, 0.05) is 25.1 Å². The van der Waals surface area contributed by atoms with Crippen LogP contribution >= 0.6 is 0 Å². The molecule has 0 saturated heterocycles. The van der Waals surface area contributed by atoms with E-state index < -0.39 is 0 Å². The molecule has 0 saturated carbocycles. The van der Waals surface area contributed by atoms with Crippen molar-refractivity contribution in [3.05, 3.63) is 29.3 Å². The van der Waals surface area contributed by atoms with Crippen LogP contribution in [0.25, 0.3) is 0 Å². The Morgan fingerprint density at radius 2 is 2.18 bits per heavy atom. The zero-order valence-corrected chi connectivity index (χ0v) is 10.9. The molecule has 94 valence electrons. The van der Waals surface area contributed by atoms with Gasteiger partial charge in [-0.15, -0.1) is 0 Å². The van der Waals surface area contributed by atoms with E-state index in [-0.39, 0.29) is 12.2 Å². The lowest BCUT2D eigenvalue weighted by molar-refractivity contribution is 0.135. The van der Waals surface area contributed by atoms with Gasteiger partial charge in [0.2, 0.25) is 0 Å². The first-order chi connectivity index (χ1) is 8.02. The zero-order valence-electron chi connectivity index (χ0n) is 10.9. The van der Waals surface area contributed by atoms with E-state index in [1.54, 1.807) is 0 Å². The molecule has 0 spiro atoms. The van der Waals surface area contributed by atoms with Gasteiger partial charge >= 0.3 is 0 Å². The van der Waals surface area contributed by atoms with Crippen LogP contribution in [0.1, 0.15) is 25.0 Å². The Bertz CT molecular complexity index is 401. The molecule has 2 rings (SSSR count). The van der Waals surface area contributed by atoms with Crippen molar-refractivity contribution in [2.24, 2.45) is 0 Å². The van der Waals surface area contributed by atoms with Crippen LogP contribution in [0, 0.1) is 0 Å². The standard InChI is InChI=1S/C14H21NO2/c1-14(2)9-11-5-4-6-12(13(11)17-14)10-15(3)7-8-16/h4-6,16H,7-10H2,1-3H3. The highest BCUT2D eigenvalue weighted by Crippen LogP contribution is 2.37. The molecule has 0 fully saturated rings. The SMILES string of the molecule is CN(CCO)Cc1cccc2c1OC(C)(C)C2. The summed E-state index contributed by atoms with van der Waals surface area (Å²) in [5.74, 6) is 1.04. The minimum atomic E-state index is -0.0893. The zero-order chi connectivity index (χ0) is 12.5. The molecule has 0 aliphatic carbocycles. The summed E-state index contributed by atoms with van der Waals surface area (Å²) < 4.78 is 6.02. The molecular weight excluding hydrogens is 214 g/mol. The number of hydrogen-bond acceptors (Lipinski definition) is 3. The maximum absolute atomic E-state index is 8.92. The Hall–Kier alpha value is -1.06. The third-order valence-electron chi connectivity index (χ3n) is 3.09. The lowest BCUT2D eigenvalue weighted by atomic mass is 10.0. The highest BCUT2D eigenvalue weighted by atomic mass is 16.5. The molecule has 3 heteroatoms. The molecule has 0 bridgehead atoms. The van der Waals surface area contributed by atoms with Crippen LogP contribution in [-0.4, -0.2) is 35.8 Å². The number of para-hydroxylation sites is 1. The molecule has 0 aromatic heterocycles. The van der Waals surface area contributed by atoms with Crippen molar-refractivity contribution in [1.82, 2.24) is 4.90 Å². The van der Waals surface area contributed by atoms with Gasteiger partial charge in [-0.1, -0.05) is 18.2 Å². The molecule has 0 amide bonds. The van der Waals surface area contributed by atoms with Crippen molar-refractivity contribution in [2.75, 3.05) is 20.2 Å². The number of hydrogen-bond donors (Lipinski definition) is 1. The molecule has 0 radical (unpaired) electrons. The van der Waals surface area contributed by atoms with Gasteiger partial charge in [0.15, 0.2) is 0 Å². The van der Waals surface area contributed by atoms with Crippen molar-refractivity contribution in [2.45, 2.75) is 32.4 Å².